The third kappa shape index (κ3) is 5.11. The van der Waals surface area contributed by atoms with Gasteiger partial charge in [0.1, 0.15) is 0 Å². The number of aryl methyl sites for hydroxylation is 2. The van der Waals surface area contributed by atoms with Crippen LogP contribution < -0.4 is 5.32 Å². The number of nitrogens with one attached hydrogen (secondary N) is 2. The van der Waals surface area contributed by atoms with E-state index in [9.17, 15) is 0 Å². The minimum Gasteiger partial charge on any atom is -0.385 e. The molecule has 0 saturated heterocycles. The third-order valence-electron chi connectivity index (χ3n) is 7.01. The van der Waals surface area contributed by atoms with E-state index in [1.165, 1.54) is 84.9 Å². The Hall–Kier alpha value is -2.88. The second-order valence-electron chi connectivity index (χ2n) is 9.54. The topological polar surface area (TPSA) is 53.1 Å². The normalized spacial score (nSPS) is 13.6. The Balaban J connectivity index is 1.77. The summed E-state index contributed by atoms with van der Waals surface area (Å²) < 4.78 is 0. The van der Waals surface area contributed by atoms with Gasteiger partial charge in [-0.1, -0.05) is 45.2 Å². The maximum Gasteiger partial charge on any atom is 0.0968 e. The van der Waals surface area contributed by atoms with E-state index in [4.69, 9.17) is 9.98 Å². The fourth-order valence-electron chi connectivity index (χ4n) is 4.94. The first-order valence-electron chi connectivity index (χ1n) is 13.2. The van der Waals surface area contributed by atoms with Crippen LogP contribution in [0.5, 0.6) is 0 Å². The summed E-state index contributed by atoms with van der Waals surface area (Å²) in [6.45, 7) is 9.76. The molecule has 4 rings (SSSR count). The van der Waals surface area contributed by atoms with Gasteiger partial charge in [-0.05, 0) is 86.8 Å². The van der Waals surface area contributed by atoms with Crippen molar-refractivity contribution in [2.45, 2.75) is 85.5 Å². The van der Waals surface area contributed by atoms with E-state index in [0.29, 0.717) is 0 Å². The number of unbranched alkanes of at least 4 members (excludes halogenated alkanes) is 3. The summed E-state index contributed by atoms with van der Waals surface area (Å²) in [4.78, 5) is 13.0. The zero-order valence-corrected chi connectivity index (χ0v) is 21.4. The maximum absolute atomic E-state index is 4.80. The van der Waals surface area contributed by atoms with Crippen molar-refractivity contribution in [2.24, 2.45) is 4.99 Å². The van der Waals surface area contributed by atoms with Crippen molar-refractivity contribution < 1.29 is 0 Å². The number of benzene rings is 2. The lowest BCUT2D eigenvalue weighted by molar-refractivity contribution is 0.643. The molecule has 3 aromatic rings. The molecule has 34 heavy (non-hydrogen) atoms. The zero-order chi connectivity index (χ0) is 23.9. The van der Waals surface area contributed by atoms with Gasteiger partial charge in [0.25, 0.3) is 0 Å². The van der Waals surface area contributed by atoms with Crippen LogP contribution in [-0.2, 0) is 6.42 Å². The second-order valence-corrected chi connectivity index (χ2v) is 9.54. The van der Waals surface area contributed by atoms with E-state index >= 15 is 0 Å². The smallest absolute Gasteiger partial charge is 0.0968 e. The number of nitrogens with zero attached hydrogens (tertiary/aromatic N) is 2. The minimum absolute atomic E-state index is 1.03. The van der Waals surface area contributed by atoms with Crippen LogP contribution in [0.4, 0.5) is 5.69 Å². The Morgan fingerprint density at radius 2 is 1.94 bits per heavy atom. The average molecular weight is 457 g/mol. The summed E-state index contributed by atoms with van der Waals surface area (Å²) in [5, 5.41) is 3.82. The lowest BCUT2D eigenvalue weighted by Crippen LogP contribution is -2.19. The molecule has 0 spiro atoms. The highest BCUT2D eigenvalue weighted by Crippen LogP contribution is 2.39. The fourth-order valence-corrected chi connectivity index (χ4v) is 4.94. The number of aromatic nitrogens is 2. The van der Waals surface area contributed by atoms with Gasteiger partial charge in [-0.15, -0.1) is 0 Å². The van der Waals surface area contributed by atoms with Gasteiger partial charge in [0.05, 0.1) is 23.0 Å². The van der Waals surface area contributed by atoms with Crippen LogP contribution in [0.15, 0.2) is 41.2 Å². The number of hydrogen-bond donors (Lipinski definition) is 2. The van der Waals surface area contributed by atoms with Crippen molar-refractivity contribution in [1.29, 1.82) is 0 Å². The summed E-state index contributed by atoms with van der Waals surface area (Å²) in [6, 6.07) is 9.07. The van der Waals surface area contributed by atoms with Gasteiger partial charge in [0.15, 0.2) is 0 Å². The molecule has 4 heteroatoms. The van der Waals surface area contributed by atoms with Crippen molar-refractivity contribution in [2.75, 3.05) is 6.54 Å². The van der Waals surface area contributed by atoms with Crippen LogP contribution in [0.1, 0.15) is 88.8 Å². The molecule has 1 fully saturated rings. The second kappa shape index (κ2) is 11.5. The highest BCUT2D eigenvalue weighted by atomic mass is 14.9. The molecule has 0 amide bonds. The van der Waals surface area contributed by atoms with E-state index in [0.717, 1.165) is 29.7 Å². The van der Waals surface area contributed by atoms with E-state index in [-0.39, 0.29) is 0 Å². The minimum atomic E-state index is 1.03. The van der Waals surface area contributed by atoms with E-state index in [2.05, 4.69) is 55.3 Å². The quantitative estimate of drug-likeness (QED) is 0.225. The third-order valence-corrected chi connectivity index (χ3v) is 7.01. The van der Waals surface area contributed by atoms with Gasteiger partial charge < -0.3 is 10.3 Å². The zero-order valence-electron chi connectivity index (χ0n) is 21.4. The maximum atomic E-state index is 4.80. The fraction of sp³-hybridized carbons (Fsp3) is 0.467. The monoisotopic (exact) mass is 456 g/mol. The van der Waals surface area contributed by atoms with Crippen LogP contribution in [0, 0.1) is 6.92 Å². The number of H-pyrrole nitrogens is 1. The molecule has 0 atom stereocenters. The molecule has 1 saturated carbocycles. The predicted molar refractivity (Wildman–Crippen MR) is 147 cm³/mol. The summed E-state index contributed by atoms with van der Waals surface area (Å²) >= 11 is 0. The van der Waals surface area contributed by atoms with Gasteiger partial charge in [0.2, 0.25) is 0 Å². The number of imidazole rings is 1. The number of aromatic amines is 1. The Kier molecular flexibility index (Phi) is 8.21. The summed E-state index contributed by atoms with van der Waals surface area (Å²) in [7, 11) is 0. The molecular weight excluding hydrogens is 416 g/mol. The Morgan fingerprint density at radius 1 is 1.12 bits per heavy atom. The number of fused-ring (bicyclic) bond motifs is 1. The summed E-state index contributed by atoms with van der Waals surface area (Å²) in [6.07, 6.45) is 14.6. The van der Waals surface area contributed by atoms with Gasteiger partial charge in [-0.25, -0.2) is 4.98 Å². The van der Waals surface area contributed by atoms with Crippen molar-refractivity contribution >= 4 is 28.6 Å². The molecule has 0 radical (unpaired) electrons. The molecule has 0 aliphatic heterocycles. The van der Waals surface area contributed by atoms with Gasteiger partial charge in [-0.3, -0.25) is 4.99 Å². The van der Waals surface area contributed by atoms with Crippen LogP contribution >= 0.6 is 0 Å². The lowest BCUT2D eigenvalue weighted by atomic mass is 9.86. The molecule has 0 unspecified atom stereocenters. The van der Waals surface area contributed by atoms with Gasteiger partial charge in [0, 0.05) is 29.6 Å². The predicted octanol–water partition coefficient (Wildman–Crippen LogP) is 8.28. The van der Waals surface area contributed by atoms with Crippen molar-refractivity contribution in [3.8, 4) is 11.1 Å². The first kappa shape index (κ1) is 24.3. The van der Waals surface area contributed by atoms with Gasteiger partial charge in [-0.2, -0.15) is 0 Å². The first-order valence-corrected chi connectivity index (χ1v) is 13.2. The van der Waals surface area contributed by atoms with Crippen LogP contribution in [-0.4, -0.2) is 22.7 Å². The van der Waals surface area contributed by atoms with E-state index in [1.807, 2.05) is 19.5 Å². The highest BCUT2D eigenvalue weighted by Gasteiger charge is 2.22. The molecule has 4 nitrogen and oxygen atoms in total. The van der Waals surface area contributed by atoms with Crippen LogP contribution in [0.25, 0.3) is 27.9 Å². The Labute approximate surface area is 205 Å². The summed E-state index contributed by atoms with van der Waals surface area (Å²) in [5.74, 6) is 0. The summed E-state index contributed by atoms with van der Waals surface area (Å²) in [5.41, 5.74) is 12.4. The van der Waals surface area contributed by atoms with Crippen molar-refractivity contribution in [3.63, 3.8) is 0 Å². The molecule has 0 bridgehead atoms. The number of allylic oxidation sites excluding steroid dienone is 1. The van der Waals surface area contributed by atoms with Crippen molar-refractivity contribution in [1.82, 2.24) is 15.3 Å². The van der Waals surface area contributed by atoms with Gasteiger partial charge >= 0.3 is 0 Å². The molecule has 2 N–H and O–H groups in total. The average Bonchev–Trinajstić information content (AvgIpc) is 3.28. The molecule has 180 valence electrons. The molecule has 1 aliphatic carbocycles. The largest absolute Gasteiger partial charge is 0.385 e. The van der Waals surface area contributed by atoms with E-state index in [1.54, 1.807) is 5.57 Å². The standard InChI is InChI=1S/C30H40N4/c1-5-8-10-17-32-28(23-13-11-14-23)27-21(4)18-25(29-30(27)34-20-33-29)24-16-15-22(12-9-6-2)26(19-24)31-7-3/h7,15-16,18-20,32H,5-6,8-14,17H2,1-4H3,(H,33,34). The van der Waals surface area contributed by atoms with Crippen LogP contribution in [0.3, 0.4) is 0 Å². The Bertz CT molecular complexity index is 1180. The molecule has 1 aromatic heterocycles. The Morgan fingerprint density at radius 3 is 2.65 bits per heavy atom. The highest BCUT2D eigenvalue weighted by molar-refractivity contribution is 6.00. The van der Waals surface area contributed by atoms with Crippen LogP contribution in [0.2, 0.25) is 0 Å². The SMILES string of the molecule is CC=Nc1cc(-c2cc(C)c(C(NCCCCC)=C3CCC3)c3[nH]cnc23)ccc1CCCC. The number of aliphatic imine (C=N–C) groups is 1. The number of hydrogen-bond acceptors (Lipinski definition) is 3. The lowest BCUT2D eigenvalue weighted by Gasteiger charge is -2.25. The molecular formula is C30H40N4. The molecule has 2 aromatic carbocycles. The first-order chi connectivity index (χ1) is 16.7. The van der Waals surface area contributed by atoms with Crippen molar-refractivity contribution in [3.05, 3.63) is 52.9 Å². The van der Waals surface area contributed by atoms with E-state index < -0.39 is 0 Å². The molecule has 1 aliphatic rings. The molecule has 1 heterocycles. The number of rotatable bonds is 11.